The first-order valence-corrected chi connectivity index (χ1v) is 6.86. The lowest BCUT2D eigenvalue weighted by molar-refractivity contribution is -0.401. The van der Waals surface area contributed by atoms with Crippen molar-refractivity contribution in [2.24, 2.45) is 0 Å². The summed E-state index contributed by atoms with van der Waals surface area (Å²) in [4.78, 5) is 20.3. The molecule has 124 valence electrons. The second-order valence-electron chi connectivity index (χ2n) is 4.69. The number of nitro groups is 2. The Morgan fingerprint density at radius 1 is 1.08 bits per heavy atom. The number of hydrogen-bond donors (Lipinski definition) is 0. The van der Waals surface area contributed by atoms with E-state index in [1.807, 2.05) is 30.3 Å². The van der Waals surface area contributed by atoms with Gasteiger partial charge in [-0.2, -0.15) is 0 Å². The van der Waals surface area contributed by atoms with E-state index in [0.29, 0.717) is 6.20 Å². The Hall–Kier alpha value is -3.42. The van der Waals surface area contributed by atoms with Crippen LogP contribution >= 0.6 is 0 Å². The van der Waals surface area contributed by atoms with Gasteiger partial charge < -0.3 is 9.47 Å². The third-order valence-electron chi connectivity index (χ3n) is 3.12. The van der Waals surface area contributed by atoms with Crippen molar-refractivity contribution in [2.45, 2.75) is 6.61 Å². The molecule has 2 aromatic rings. The molecule has 24 heavy (non-hydrogen) atoms. The summed E-state index contributed by atoms with van der Waals surface area (Å²) >= 11 is 0. The molecule has 0 fully saturated rings. The molecule has 0 aliphatic rings. The fourth-order valence-corrected chi connectivity index (χ4v) is 2.01. The fourth-order valence-electron chi connectivity index (χ4n) is 2.01. The van der Waals surface area contributed by atoms with Crippen molar-refractivity contribution in [1.29, 1.82) is 0 Å². The minimum absolute atomic E-state index is 0.0561. The summed E-state index contributed by atoms with van der Waals surface area (Å²) in [6.07, 6.45) is 1.68. The Balaban J connectivity index is 2.36. The smallest absolute Gasteiger partial charge is 0.280 e. The lowest BCUT2D eigenvalue weighted by Crippen LogP contribution is -2.00. The Labute approximate surface area is 137 Å². The van der Waals surface area contributed by atoms with Gasteiger partial charge in [0.15, 0.2) is 11.5 Å². The zero-order valence-corrected chi connectivity index (χ0v) is 12.7. The molecule has 0 spiro atoms. The van der Waals surface area contributed by atoms with E-state index in [4.69, 9.17) is 9.47 Å². The molecule has 0 heterocycles. The van der Waals surface area contributed by atoms with Crippen LogP contribution in [-0.2, 0) is 6.61 Å². The van der Waals surface area contributed by atoms with Crippen molar-refractivity contribution >= 4 is 11.8 Å². The number of methoxy groups -OCH3 is 1. The Bertz CT molecular complexity index is 774. The van der Waals surface area contributed by atoms with E-state index in [2.05, 4.69) is 0 Å². The number of ether oxygens (including phenoxy) is 2. The van der Waals surface area contributed by atoms with Crippen molar-refractivity contribution in [3.63, 3.8) is 0 Å². The van der Waals surface area contributed by atoms with Crippen molar-refractivity contribution in [1.82, 2.24) is 0 Å². The summed E-state index contributed by atoms with van der Waals surface area (Å²) in [5.74, 6) is 0.436. The van der Waals surface area contributed by atoms with Crippen LogP contribution < -0.4 is 9.47 Å². The van der Waals surface area contributed by atoms with Gasteiger partial charge in [-0.1, -0.05) is 30.3 Å². The van der Waals surface area contributed by atoms with Gasteiger partial charge in [0.1, 0.15) is 6.61 Å². The number of benzene rings is 2. The first kappa shape index (κ1) is 16.9. The van der Waals surface area contributed by atoms with Gasteiger partial charge in [0, 0.05) is 6.08 Å². The Morgan fingerprint density at radius 3 is 2.38 bits per heavy atom. The predicted molar refractivity (Wildman–Crippen MR) is 86.5 cm³/mol. The monoisotopic (exact) mass is 330 g/mol. The molecule has 0 saturated carbocycles. The van der Waals surface area contributed by atoms with E-state index < -0.39 is 9.85 Å². The topological polar surface area (TPSA) is 105 Å². The molecule has 2 aromatic carbocycles. The van der Waals surface area contributed by atoms with Crippen molar-refractivity contribution in [2.75, 3.05) is 7.11 Å². The molecule has 2 rings (SSSR count). The van der Waals surface area contributed by atoms with Crippen LogP contribution in [0, 0.1) is 20.2 Å². The van der Waals surface area contributed by atoms with Gasteiger partial charge >= 0.3 is 0 Å². The molecule has 0 N–H and O–H groups in total. The molecule has 0 atom stereocenters. The maximum Gasteiger partial charge on any atom is 0.280 e. The van der Waals surface area contributed by atoms with Gasteiger partial charge in [-0.05, 0) is 11.6 Å². The Morgan fingerprint density at radius 2 is 1.79 bits per heavy atom. The van der Waals surface area contributed by atoms with Crippen molar-refractivity contribution in [3.8, 4) is 11.5 Å². The van der Waals surface area contributed by atoms with Gasteiger partial charge in [0.05, 0.1) is 28.6 Å². The van der Waals surface area contributed by atoms with E-state index in [0.717, 1.165) is 11.6 Å². The number of rotatable bonds is 7. The summed E-state index contributed by atoms with van der Waals surface area (Å²) in [6, 6.07) is 11.8. The van der Waals surface area contributed by atoms with E-state index >= 15 is 0 Å². The number of hydrogen-bond acceptors (Lipinski definition) is 6. The summed E-state index contributed by atoms with van der Waals surface area (Å²) < 4.78 is 10.8. The van der Waals surface area contributed by atoms with E-state index in [1.54, 1.807) is 0 Å². The first-order chi connectivity index (χ1) is 11.5. The quantitative estimate of drug-likeness (QED) is 0.569. The van der Waals surface area contributed by atoms with E-state index in [9.17, 15) is 20.2 Å². The summed E-state index contributed by atoms with van der Waals surface area (Å²) in [7, 11) is 1.36. The molecular formula is C16H14N2O6. The summed E-state index contributed by atoms with van der Waals surface area (Å²) in [6.45, 7) is 0.230. The molecule has 0 aromatic heterocycles. The van der Waals surface area contributed by atoms with Crippen LogP contribution in [0.5, 0.6) is 11.5 Å². The highest BCUT2D eigenvalue weighted by Crippen LogP contribution is 2.35. The summed E-state index contributed by atoms with van der Waals surface area (Å²) in [5, 5.41) is 21.6. The SMILES string of the molecule is COc1cc([N+](=O)[O-])c(C=C[N+](=O)[O-])cc1OCc1ccccc1. The standard InChI is InChI=1S/C16H14N2O6/c1-23-15-10-14(18(21)22)13(7-8-17(19)20)9-16(15)24-11-12-5-3-2-4-6-12/h2-10H,11H2,1H3. The van der Waals surface area contributed by atoms with Gasteiger partial charge in [-0.25, -0.2) is 0 Å². The highest BCUT2D eigenvalue weighted by Gasteiger charge is 2.19. The third kappa shape index (κ3) is 4.29. The van der Waals surface area contributed by atoms with Gasteiger partial charge in [0.2, 0.25) is 6.20 Å². The van der Waals surface area contributed by atoms with Gasteiger partial charge in [-0.15, -0.1) is 0 Å². The maximum atomic E-state index is 11.1. The van der Waals surface area contributed by atoms with Crippen molar-refractivity contribution in [3.05, 3.63) is 80.0 Å². The van der Waals surface area contributed by atoms with Crippen LogP contribution in [0.3, 0.4) is 0 Å². The molecule has 0 saturated heterocycles. The predicted octanol–water partition coefficient (Wildman–Crippen LogP) is 3.43. The lowest BCUT2D eigenvalue weighted by atomic mass is 10.1. The van der Waals surface area contributed by atoms with Crippen LogP contribution in [-0.4, -0.2) is 17.0 Å². The van der Waals surface area contributed by atoms with Crippen LogP contribution in [0.15, 0.2) is 48.7 Å². The Kier molecular flexibility index (Phi) is 5.45. The maximum absolute atomic E-state index is 11.1. The number of nitrogens with zero attached hydrogens (tertiary/aromatic N) is 2. The van der Waals surface area contributed by atoms with Crippen LogP contribution in [0.25, 0.3) is 6.08 Å². The second-order valence-corrected chi connectivity index (χ2v) is 4.69. The van der Waals surface area contributed by atoms with E-state index in [1.165, 1.54) is 19.2 Å². The molecule has 0 amide bonds. The fraction of sp³-hybridized carbons (Fsp3) is 0.125. The molecular weight excluding hydrogens is 316 g/mol. The van der Waals surface area contributed by atoms with Gasteiger partial charge in [0.25, 0.3) is 5.69 Å². The average Bonchev–Trinajstić information content (AvgIpc) is 2.58. The highest BCUT2D eigenvalue weighted by atomic mass is 16.6. The van der Waals surface area contributed by atoms with Crippen LogP contribution in [0.4, 0.5) is 5.69 Å². The minimum Gasteiger partial charge on any atom is -0.493 e. The second kappa shape index (κ2) is 7.73. The minimum atomic E-state index is -0.696. The average molecular weight is 330 g/mol. The largest absolute Gasteiger partial charge is 0.493 e. The molecule has 0 bridgehead atoms. The van der Waals surface area contributed by atoms with E-state index in [-0.39, 0.29) is 29.4 Å². The van der Waals surface area contributed by atoms with Crippen LogP contribution in [0.2, 0.25) is 0 Å². The van der Waals surface area contributed by atoms with Crippen molar-refractivity contribution < 1.29 is 19.3 Å². The molecule has 0 aliphatic heterocycles. The zero-order valence-electron chi connectivity index (χ0n) is 12.7. The lowest BCUT2D eigenvalue weighted by Gasteiger charge is -2.12. The number of nitro benzene ring substituents is 1. The zero-order chi connectivity index (χ0) is 17.5. The van der Waals surface area contributed by atoms with Gasteiger partial charge in [-0.3, -0.25) is 20.2 Å². The van der Waals surface area contributed by atoms with Crippen LogP contribution in [0.1, 0.15) is 11.1 Å². The third-order valence-corrected chi connectivity index (χ3v) is 3.12. The highest BCUT2D eigenvalue weighted by molar-refractivity contribution is 5.66. The molecule has 8 nitrogen and oxygen atoms in total. The molecule has 0 radical (unpaired) electrons. The summed E-state index contributed by atoms with van der Waals surface area (Å²) in [5.41, 5.74) is 0.651. The molecule has 0 aliphatic carbocycles. The normalized spacial score (nSPS) is 10.5. The molecule has 0 unspecified atom stereocenters. The first-order valence-electron chi connectivity index (χ1n) is 6.86. The molecule has 8 heteroatoms.